The minimum absolute atomic E-state index is 0.230. The number of halogens is 2. The van der Waals surface area contributed by atoms with Crippen molar-refractivity contribution in [3.8, 4) is 0 Å². The highest BCUT2D eigenvalue weighted by Crippen LogP contribution is 2.26. The minimum atomic E-state index is -0.230. The smallest absolute Gasteiger partial charge is 0.173 e. The first-order chi connectivity index (χ1) is 11.5. The molecule has 1 heterocycles. The van der Waals surface area contributed by atoms with E-state index in [2.05, 4.69) is 15.1 Å². The van der Waals surface area contributed by atoms with Gasteiger partial charge in [-0.3, -0.25) is 0 Å². The number of hydrogen-bond donors (Lipinski definition) is 1. The molecule has 1 aliphatic heterocycles. The predicted octanol–water partition coefficient (Wildman–Crippen LogP) is 4.31. The Kier molecular flexibility index (Phi) is 5.21. The summed E-state index contributed by atoms with van der Waals surface area (Å²) in [6, 6.07) is 12.9. The number of nitrogens with one attached hydrogen (secondary N) is 1. The second-order valence-electron chi connectivity index (χ2n) is 5.82. The highest BCUT2D eigenvalue weighted by molar-refractivity contribution is 7.80. The highest BCUT2D eigenvalue weighted by Gasteiger charge is 2.20. The standard InChI is InChI=1S/C18H19ClFN3S/c1-13-6-7-14(12-16(13)20)21-18(24)23-10-8-22(9-11-23)17-5-3-2-4-15(17)19/h2-7,12H,8-11H2,1H3,(H,21,24). The lowest BCUT2D eigenvalue weighted by molar-refractivity contribution is 0.391. The summed E-state index contributed by atoms with van der Waals surface area (Å²) in [5.74, 6) is -0.230. The fourth-order valence-corrected chi connectivity index (χ4v) is 3.29. The molecule has 0 atom stereocenters. The van der Waals surface area contributed by atoms with Crippen LogP contribution in [0.1, 0.15) is 5.56 Å². The van der Waals surface area contributed by atoms with Gasteiger partial charge in [0.05, 0.1) is 10.7 Å². The second kappa shape index (κ2) is 7.36. The highest BCUT2D eigenvalue weighted by atomic mass is 35.5. The van der Waals surface area contributed by atoms with Gasteiger partial charge < -0.3 is 15.1 Å². The molecule has 0 aliphatic carbocycles. The zero-order chi connectivity index (χ0) is 17.1. The van der Waals surface area contributed by atoms with Gasteiger partial charge in [-0.2, -0.15) is 0 Å². The van der Waals surface area contributed by atoms with E-state index in [0.717, 1.165) is 36.9 Å². The summed E-state index contributed by atoms with van der Waals surface area (Å²) >= 11 is 11.7. The van der Waals surface area contributed by atoms with E-state index in [1.165, 1.54) is 6.07 Å². The monoisotopic (exact) mass is 363 g/mol. The van der Waals surface area contributed by atoms with Crippen LogP contribution in [0.4, 0.5) is 15.8 Å². The van der Waals surface area contributed by atoms with Gasteiger partial charge in [-0.05, 0) is 49.0 Å². The molecule has 1 aliphatic rings. The van der Waals surface area contributed by atoms with Crippen LogP contribution >= 0.6 is 23.8 Å². The van der Waals surface area contributed by atoms with Crippen molar-refractivity contribution in [1.82, 2.24) is 4.90 Å². The Morgan fingerprint density at radius 3 is 2.50 bits per heavy atom. The zero-order valence-electron chi connectivity index (χ0n) is 13.4. The molecule has 1 saturated heterocycles. The summed E-state index contributed by atoms with van der Waals surface area (Å²) in [6.45, 7) is 5.02. The number of rotatable bonds is 2. The molecule has 0 bridgehead atoms. The topological polar surface area (TPSA) is 18.5 Å². The molecule has 1 N–H and O–H groups in total. The van der Waals surface area contributed by atoms with E-state index < -0.39 is 0 Å². The number of hydrogen-bond acceptors (Lipinski definition) is 2. The average Bonchev–Trinajstić information content (AvgIpc) is 2.59. The van der Waals surface area contributed by atoms with E-state index >= 15 is 0 Å². The molecule has 3 nitrogen and oxygen atoms in total. The lowest BCUT2D eigenvalue weighted by Gasteiger charge is -2.37. The number of aryl methyl sites for hydroxylation is 1. The molecule has 0 unspecified atom stereocenters. The first kappa shape index (κ1) is 17.0. The first-order valence-corrected chi connectivity index (χ1v) is 8.65. The van der Waals surface area contributed by atoms with Gasteiger partial charge >= 0.3 is 0 Å². The van der Waals surface area contributed by atoms with Crippen LogP contribution in [0, 0.1) is 12.7 Å². The van der Waals surface area contributed by atoms with Gasteiger partial charge in [-0.25, -0.2) is 4.39 Å². The van der Waals surface area contributed by atoms with Gasteiger partial charge in [0.15, 0.2) is 5.11 Å². The third kappa shape index (κ3) is 3.79. The zero-order valence-corrected chi connectivity index (χ0v) is 15.0. The number of piperazine rings is 1. The van der Waals surface area contributed by atoms with Crippen molar-refractivity contribution in [1.29, 1.82) is 0 Å². The third-order valence-corrected chi connectivity index (χ3v) is 4.86. The number of thiocarbonyl (C=S) groups is 1. The van der Waals surface area contributed by atoms with E-state index in [1.807, 2.05) is 30.3 Å². The molecule has 0 saturated carbocycles. The van der Waals surface area contributed by atoms with Gasteiger partial charge in [-0.15, -0.1) is 0 Å². The molecule has 0 amide bonds. The summed E-state index contributed by atoms with van der Waals surface area (Å²) in [5, 5.41) is 4.51. The number of para-hydroxylation sites is 1. The van der Waals surface area contributed by atoms with E-state index in [4.69, 9.17) is 23.8 Å². The van der Waals surface area contributed by atoms with Crippen LogP contribution in [0.3, 0.4) is 0 Å². The molecular weight excluding hydrogens is 345 g/mol. The molecular formula is C18H19ClFN3S. The normalized spacial score (nSPS) is 14.6. The molecule has 1 fully saturated rings. The van der Waals surface area contributed by atoms with Crippen molar-refractivity contribution in [2.75, 3.05) is 36.4 Å². The molecule has 2 aromatic rings. The summed E-state index contributed by atoms with van der Waals surface area (Å²) in [5.41, 5.74) is 2.36. The lowest BCUT2D eigenvalue weighted by Crippen LogP contribution is -2.50. The van der Waals surface area contributed by atoms with Gasteiger partial charge in [0.25, 0.3) is 0 Å². The maximum atomic E-state index is 13.6. The fraction of sp³-hybridized carbons (Fsp3) is 0.278. The molecule has 6 heteroatoms. The molecule has 0 radical (unpaired) electrons. The Morgan fingerprint density at radius 2 is 1.83 bits per heavy atom. The van der Waals surface area contributed by atoms with Crippen LogP contribution in [0.5, 0.6) is 0 Å². The van der Waals surface area contributed by atoms with Crippen LogP contribution in [0.2, 0.25) is 5.02 Å². The summed E-state index contributed by atoms with van der Waals surface area (Å²) < 4.78 is 13.6. The Balaban J connectivity index is 1.59. The lowest BCUT2D eigenvalue weighted by atomic mass is 10.2. The number of nitrogens with zero attached hydrogens (tertiary/aromatic N) is 2. The van der Waals surface area contributed by atoms with Crippen LogP contribution in [-0.4, -0.2) is 36.2 Å². The Labute approximate surface area is 152 Å². The number of benzene rings is 2. The summed E-state index contributed by atoms with van der Waals surface area (Å²) in [6.07, 6.45) is 0. The number of anilines is 2. The second-order valence-corrected chi connectivity index (χ2v) is 6.61. The van der Waals surface area contributed by atoms with Crippen molar-refractivity contribution in [2.45, 2.75) is 6.92 Å². The Hall–Kier alpha value is -1.85. The van der Waals surface area contributed by atoms with Gasteiger partial charge in [0.2, 0.25) is 0 Å². The largest absolute Gasteiger partial charge is 0.367 e. The van der Waals surface area contributed by atoms with Crippen LogP contribution in [-0.2, 0) is 0 Å². The molecule has 0 spiro atoms. The Bertz CT molecular complexity index is 745. The van der Waals surface area contributed by atoms with Crippen molar-refractivity contribution in [3.63, 3.8) is 0 Å². The predicted molar refractivity (Wildman–Crippen MR) is 103 cm³/mol. The summed E-state index contributed by atoms with van der Waals surface area (Å²) in [4.78, 5) is 4.35. The van der Waals surface area contributed by atoms with Crippen LogP contribution in [0.15, 0.2) is 42.5 Å². The van der Waals surface area contributed by atoms with Gasteiger partial charge in [-0.1, -0.05) is 29.8 Å². The van der Waals surface area contributed by atoms with Crippen molar-refractivity contribution < 1.29 is 4.39 Å². The first-order valence-electron chi connectivity index (χ1n) is 7.86. The molecule has 3 rings (SSSR count). The van der Waals surface area contributed by atoms with E-state index in [9.17, 15) is 4.39 Å². The maximum absolute atomic E-state index is 13.6. The molecule has 2 aromatic carbocycles. The van der Waals surface area contributed by atoms with Gasteiger partial charge in [0, 0.05) is 31.9 Å². The molecule has 0 aromatic heterocycles. The minimum Gasteiger partial charge on any atom is -0.367 e. The fourth-order valence-electron chi connectivity index (χ4n) is 2.73. The average molecular weight is 364 g/mol. The van der Waals surface area contributed by atoms with E-state index in [1.54, 1.807) is 13.0 Å². The van der Waals surface area contributed by atoms with Crippen molar-refractivity contribution in [2.24, 2.45) is 0 Å². The van der Waals surface area contributed by atoms with E-state index in [-0.39, 0.29) is 5.82 Å². The Morgan fingerprint density at radius 1 is 1.12 bits per heavy atom. The maximum Gasteiger partial charge on any atom is 0.173 e. The quantitative estimate of drug-likeness (QED) is 0.801. The molecule has 24 heavy (non-hydrogen) atoms. The van der Waals surface area contributed by atoms with Crippen LogP contribution in [0.25, 0.3) is 0 Å². The SMILES string of the molecule is Cc1ccc(NC(=S)N2CCN(c3ccccc3Cl)CC2)cc1F. The van der Waals surface area contributed by atoms with Crippen molar-refractivity contribution >= 4 is 40.3 Å². The van der Waals surface area contributed by atoms with Crippen LogP contribution < -0.4 is 10.2 Å². The van der Waals surface area contributed by atoms with Gasteiger partial charge in [0.1, 0.15) is 5.82 Å². The molecule has 126 valence electrons. The van der Waals surface area contributed by atoms with E-state index in [0.29, 0.717) is 16.4 Å². The van der Waals surface area contributed by atoms with Crippen molar-refractivity contribution in [3.05, 3.63) is 58.9 Å². The third-order valence-electron chi connectivity index (χ3n) is 4.18. The summed E-state index contributed by atoms with van der Waals surface area (Å²) in [7, 11) is 0.